The normalized spacial score (nSPS) is 9.64. The van der Waals surface area contributed by atoms with Crippen LogP contribution in [0.2, 0.25) is 0 Å². The van der Waals surface area contributed by atoms with Gasteiger partial charge in [0.15, 0.2) is 11.5 Å². The molecule has 0 radical (unpaired) electrons. The lowest BCUT2D eigenvalue weighted by molar-refractivity contribution is 0.275. The summed E-state index contributed by atoms with van der Waals surface area (Å²) in [6.45, 7) is -0.183. The van der Waals surface area contributed by atoms with Crippen molar-refractivity contribution in [1.82, 2.24) is 4.98 Å². The molecule has 4 heteroatoms. The molecule has 1 rings (SSSR count). The number of pyridine rings is 1. The number of rotatable bonds is 2. The first-order chi connectivity index (χ1) is 5.27. The molecule has 0 saturated heterocycles. The van der Waals surface area contributed by atoms with Crippen LogP contribution in [0.5, 0.6) is 11.5 Å². The minimum absolute atomic E-state index is 0.00782. The summed E-state index contributed by atoms with van der Waals surface area (Å²) in [4.78, 5) is 3.79. The number of ether oxygens (including phenoxy) is 1. The molecular weight excluding hydrogens is 146 g/mol. The molecule has 1 aromatic rings. The lowest BCUT2D eigenvalue weighted by Gasteiger charge is -2.02. The lowest BCUT2D eigenvalue weighted by Crippen LogP contribution is -1.90. The molecule has 0 bridgehead atoms. The fourth-order valence-electron chi connectivity index (χ4n) is 0.718. The van der Waals surface area contributed by atoms with Gasteiger partial charge < -0.3 is 14.9 Å². The molecule has 60 valence electrons. The van der Waals surface area contributed by atoms with Gasteiger partial charge in [0.1, 0.15) is 0 Å². The molecule has 11 heavy (non-hydrogen) atoms. The van der Waals surface area contributed by atoms with Crippen LogP contribution < -0.4 is 4.74 Å². The Hall–Kier alpha value is -1.29. The van der Waals surface area contributed by atoms with E-state index in [1.165, 1.54) is 19.4 Å². The Balaban J connectivity index is 2.99. The van der Waals surface area contributed by atoms with E-state index in [-0.39, 0.29) is 12.4 Å². The summed E-state index contributed by atoms with van der Waals surface area (Å²) < 4.78 is 4.75. The molecular formula is C7H9NO3. The first-order valence-electron chi connectivity index (χ1n) is 3.10. The van der Waals surface area contributed by atoms with Crippen LogP contribution in [0.1, 0.15) is 5.69 Å². The smallest absolute Gasteiger partial charge is 0.178 e. The van der Waals surface area contributed by atoms with Crippen molar-refractivity contribution in [1.29, 1.82) is 0 Å². The molecule has 0 aliphatic rings. The van der Waals surface area contributed by atoms with Crippen molar-refractivity contribution < 1.29 is 14.9 Å². The Morgan fingerprint density at radius 2 is 2.36 bits per heavy atom. The highest BCUT2D eigenvalue weighted by Gasteiger charge is 2.01. The zero-order chi connectivity index (χ0) is 8.27. The Morgan fingerprint density at radius 3 is 2.82 bits per heavy atom. The van der Waals surface area contributed by atoms with Crippen molar-refractivity contribution in [2.45, 2.75) is 6.61 Å². The van der Waals surface area contributed by atoms with Crippen molar-refractivity contribution >= 4 is 0 Å². The van der Waals surface area contributed by atoms with Crippen molar-refractivity contribution in [2.24, 2.45) is 0 Å². The molecule has 0 amide bonds. The zero-order valence-corrected chi connectivity index (χ0v) is 6.11. The number of aliphatic hydroxyl groups is 1. The van der Waals surface area contributed by atoms with Crippen molar-refractivity contribution in [3.8, 4) is 11.5 Å². The number of aromatic hydroxyl groups is 1. The van der Waals surface area contributed by atoms with Gasteiger partial charge in [-0.3, -0.25) is 4.98 Å². The quantitative estimate of drug-likeness (QED) is 0.644. The Morgan fingerprint density at radius 1 is 1.64 bits per heavy atom. The molecule has 0 fully saturated rings. The van der Waals surface area contributed by atoms with Crippen molar-refractivity contribution in [2.75, 3.05) is 7.11 Å². The third-order valence-corrected chi connectivity index (χ3v) is 1.29. The van der Waals surface area contributed by atoms with E-state index < -0.39 is 0 Å². The Kier molecular flexibility index (Phi) is 2.28. The van der Waals surface area contributed by atoms with Crippen LogP contribution >= 0.6 is 0 Å². The molecule has 0 spiro atoms. The van der Waals surface area contributed by atoms with E-state index in [9.17, 15) is 0 Å². The summed E-state index contributed by atoms with van der Waals surface area (Å²) >= 11 is 0. The predicted molar refractivity (Wildman–Crippen MR) is 38.4 cm³/mol. The van der Waals surface area contributed by atoms with Crippen LogP contribution in [0.25, 0.3) is 0 Å². The van der Waals surface area contributed by atoms with Gasteiger partial charge in [-0.25, -0.2) is 0 Å². The van der Waals surface area contributed by atoms with Gasteiger partial charge in [0.25, 0.3) is 0 Å². The van der Waals surface area contributed by atoms with Crippen LogP contribution in [0.15, 0.2) is 12.3 Å². The average Bonchev–Trinajstić information content (AvgIpc) is 2.04. The Bertz CT molecular complexity index is 249. The average molecular weight is 155 g/mol. The van der Waals surface area contributed by atoms with E-state index in [4.69, 9.17) is 14.9 Å². The number of aliphatic hydroxyl groups excluding tert-OH is 1. The minimum Gasteiger partial charge on any atom is -0.504 e. The highest BCUT2D eigenvalue weighted by Crippen LogP contribution is 2.23. The van der Waals surface area contributed by atoms with Gasteiger partial charge in [-0.2, -0.15) is 0 Å². The van der Waals surface area contributed by atoms with E-state index >= 15 is 0 Å². The zero-order valence-electron chi connectivity index (χ0n) is 6.11. The lowest BCUT2D eigenvalue weighted by atomic mass is 10.3. The molecule has 0 saturated carbocycles. The second-order valence-electron chi connectivity index (χ2n) is 2.01. The summed E-state index contributed by atoms with van der Waals surface area (Å²) in [6, 6.07) is 1.36. The number of hydrogen-bond donors (Lipinski definition) is 2. The summed E-state index contributed by atoms with van der Waals surface area (Å²) in [5.41, 5.74) is 0.420. The maximum absolute atomic E-state index is 9.15. The fraction of sp³-hybridized carbons (Fsp3) is 0.286. The minimum atomic E-state index is -0.183. The van der Waals surface area contributed by atoms with E-state index in [0.29, 0.717) is 11.4 Å². The molecule has 0 aliphatic carbocycles. The van der Waals surface area contributed by atoms with E-state index in [2.05, 4.69) is 4.98 Å². The first kappa shape index (κ1) is 7.81. The maximum atomic E-state index is 9.15. The van der Waals surface area contributed by atoms with Gasteiger partial charge in [0, 0.05) is 6.07 Å². The molecule has 0 unspecified atom stereocenters. The van der Waals surface area contributed by atoms with E-state index in [1.54, 1.807) is 0 Å². The van der Waals surface area contributed by atoms with Crippen LogP contribution in [0.3, 0.4) is 0 Å². The second kappa shape index (κ2) is 3.21. The standard InChI is InChI=1S/C7H9NO3/c1-11-7-3-8-5(4-9)2-6(7)10/h2-3,9H,4H2,1H3,(H,8,10). The van der Waals surface area contributed by atoms with E-state index in [0.717, 1.165) is 0 Å². The predicted octanol–water partition coefficient (Wildman–Crippen LogP) is 0.288. The van der Waals surface area contributed by atoms with Gasteiger partial charge in [0.2, 0.25) is 0 Å². The van der Waals surface area contributed by atoms with Gasteiger partial charge in [-0.15, -0.1) is 0 Å². The van der Waals surface area contributed by atoms with Crippen LogP contribution in [0, 0.1) is 0 Å². The number of methoxy groups -OCH3 is 1. The monoisotopic (exact) mass is 155 g/mol. The van der Waals surface area contributed by atoms with Crippen molar-refractivity contribution in [3.63, 3.8) is 0 Å². The van der Waals surface area contributed by atoms with Gasteiger partial charge >= 0.3 is 0 Å². The molecule has 0 aromatic carbocycles. The topological polar surface area (TPSA) is 62.6 Å². The summed E-state index contributed by atoms with van der Waals surface area (Å²) in [6.07, 6.45) is 1.36. The molecule has 1 aromatic heterocycles. The van der Waals surface area contributed by atoms with Gasteiger partial charge in [0.05, 0.1) is 25.6 Å². The molecule has 2 N–H and O–H groups in total. The summed E-state index contributed by atoms with van der Waals surface area (Å²) in [7, 11) is 1.44. The molecule has 4 nitrogen and oxygen atoms in total. The van der Waals surface area contributed by atoms with Crippen molar-refractivity contribution in [3.05, 3.63) is 18.0 Å². The van der Waals surface area contributed by atoms with Gasteiger partial charge in [-0.1, -0.05) is 0 Å². The third kappa shape index (κ3) is 1.59. The fourth-order valence-corrected chi connectivity index (χ4v) is 0.718. The highest BCUT2D eigenvalue weighted by molar-refractivity contribution is 5.37. The van der Waals surface area contributed by atoms with E-state index in [1.807, 2.05) is 0 Å². The first-order valence-corrected chi connectivity index (χ1v) is 3.10. The number of nitrogens with zero attached hydrogens (tertiary/aromatic N) is 1. The number of hydrogen-bond acceptors (Lipinski definition) is 4. The van der Waals surface area contributed by atoms with Gasteiger partial charge in [-0.05, 0) is 0 Å². The third-order valence-electron chi connectivity index (χ3n) is 1.29. The number of aromatic nitrogens is 1. The Labute approximate surface area is 64.1 Å². The summed E-state index contributed by atoms with van der Waals surface area (Å²) in [5, 5.41) is 17.8. The molecule has 1 heterocycles. The second-order valence-corrected chi connectivity index (χ2v) is 2.01. The molecule has 0 aliphatic heterocycles. The van der Waals surface area contributed by atoms with Crippen LogP contribution in [-0.2, 0) is 6.61 Å². The SMILES string of the molecule is COc1cnc(CO)cc1O. The van der Waals surface area contributed by atoms with Crippen LogP contribution in [0.4, 0.5) is 0 Å². The maximum Gasteiger partial charge on any atom is 0.178 e. The summed E-state index contributed by atoms with van der Waals surface area (Å²) in [5.74, 6) is 0.300. The largest absolute Gasteiger partial charge is 0.504 e. The van der Waals surface area contributed by atoms with Crippen LogP contribution in [-0.4, -0.2) is 22.3 Å². The molecule has 0 atom stereocenters. The highest BCUT2D eigenvalue weighted by atomic mass is 16.5.